The number of carbonyl (C=O) groups is 1. The number of hydrogen-bond donors (Lipinski definition) is 2. The summed E-state index contributed by atoms with van der Waals surface area (Å²) in [6.07, 6.45) is 0.749. The molecule has 0 unspecified atom stereocenters. The Balaban J connectivity index is 1.57. The van der Waals surface area contributed by atoms with Crippen LogP contribution in [-0.2, 0) is 13.0 Å². The van der Waals surface area contributed by atoms with Crippen molar-refractivity contribution in [2.45, 2.75) is 19.9 Å². The van der Waals surface area contributed by atoms with E-state index in [-0.39, 0.29) is 0 Å². The Kier molecular flexibility index (Phi) is 4.52. The van der Waals surface area contributed by atoms with Crippen LogP contribution in [0.3, 0.4) is 0 Å². The number of rotatable bonds is 6. The molecular formula is C16H16N2O2S2. The van der Waals surface area contributed by atoms with Gasteiger partial charge in [0.15, 0.2) is 0 Å². The molecule has 3 rings (SSSR count). The van der Waals surface area contributed by atoms with Crippen LogP contribution in [0.25, 0.3) is 10.1 Å². The zero-order valence-corrected chi connectivity index (χ0v) is 13.8. The maximum atomic E-state index is 11.0. The van der Waals surface area contributed by atoms with Gasteiger partial charge in [0.25, 0.3) is 0 Å². The van der Waals surface area contributed by atoms with Crippen LogP contribution in [-0.4, -0.2) is 22.6 Å². The molecule has 0 radical (unpaired) electrons. The molecule has 1 aromatic carbocycles. The van der Waals surface area contributed by atoms with E-state index in [2.05, 4.69) is 39.9 Å². The first-order chi connectivity index (χ1) is 10.6. The number of carboxylic acid groups (broad SMARTS) is 1. The van der Waals surface area contributed by atoms with Gasteiger partial charge in [-0.3, -0.25) is 0 Å². The molecule has 0 atom stereocenters. The number of thiophene rings is 1. The van der Waals surface area contributed by atoms with E-state index in [0.29, 0.717) is 10.6 Å². The van der Waals surface area contributed by atoms with E-state index in [1.54, 1.807) is 18.3 Å². The largest absolute Gasteiger partial charge is 0.477 e. The Hall–Kier alpha value is -1.76. The van der Waals surface area contributed by atoms with E-state index in [0.717, 1.165) is 24.5 Å². The molecule has 22 heavy (non-hydrogen) atoms. The van der Waals surface area contributed by atoms with Crippen LogP contribution in [0.2, 0.25) is 0 Å². The highest BCUT2D eigenvalue weighted by Gasteiger charge is 2.13. The third-order valence-corrected chi connectivity index (χ3v) is 5.64. The molecule has 0 saturated carbocycles. The van der Waals surface area contributed by atoms with Crippen molar-refractivity contribution in [3.63, 3.8) is 0 Å². The Morgan fingerprint density at radius 1 is 1.36 bits per heavy atom. The first-order valence-corrected chi connectivity index (χ1v) is 8.70. The van der Waals surface area contributed by atoms with Gasteiger partial charge in [-0.25, -0.2) is 9.78 Å². The van der Waals surface area contributed by atoms with Gasteiger partial charge < -0.3 is 10.4 Å². The molecule has 0 spiro atoms. The van der Waals surface area contributed by atoms with Crippen molar-refractivity contribution in [1.29, 1.82) is 0 Å². The van der Waals surface area contributed by atoms with Gasteiger partial charge in [0, 0.05) is 24.2 Å². The SMILES string of the molecule is Cc1nc(CCNCc2cccc3ccsc23)sc1C(=O)O. The van der Waals surface area contributed by atoms with E-state index in [4.69, 9.17) is 5.11 Å². The number of fused-ring (bicyclic) bond motifs is 1. The molecule has 2 N–H and O–H groups in total. The molecule has 0 bridgehead atoms. The summed E-state index contributed by atoms with van der Waals surface area (Å²) in [6.45, 7) is 3.34. The minimum absolute atomic E-state index is 0.346. The van der Waals surface area contributed by atoms with Gasteiger partial charge in [0.2, 0.25) is 0 Å². The second kappa shape index (κ2) is 6.56. The fourth-order valence-corrected chi connectivity index (χ4v) is 4.19. The number of nitrogens with zero attached hydrogens (tertiary/aromatic N) is 1. The van der Waals surface area contributed by atoms with Crippen molar-refractivity contribution in [3.8, 4) is 0 Å². The third-order valence-electron chi connectivity index (χ3n) is 3.43. The van der Waals surface area contributed by atoms with Crippen LogP contribution in [0.5, 0.6) is 0 Å². The minimum Gasteiger partial charge on any atom is -0.477 e. The number of nitrogens with one attached hydrogen (secondary N) is 1. The fourth-order valence-electron chi connectivity index (χ4n) is 2.37. The van der Waals surface area contributed by atoms with Crippen LogP contribution in [0.1, 0.15) is 25.9 Å². The first kappa shape index (κ1) is 15.1. The molecule has 0 amide bonds. The summed E-state index contributed by atoms with van der Waals surface area (Å²) in [5.41, 5.74) is 1.91. The van der Waals surface area contributed by atoms with E-state index >= 15 is 0 Å². The summed E-state index contributed by atoms with van der Waals surface area (Å²) in [4.78, 5) is 15.7. The summed E-state index contributed by atoms with van der Waals surface area (Å²) in [5.74, 6) is -0.890. The zero-order valence-electron chi connectivity index (χ0n) is 12.1. The lowest BCUT2D eigenvalue weighted by Crippen LogP contribution is -2.16. The average molecular weight is 332 g/mol. The van der Waals surface area contributed by atoms with Gasteiger partial charge in [-0.15, -0.1) is 22.7 Å². The summed E-state index contributed by atoms with van der Waals surface area (Å²) in [7, 11) is 0. The van der Waals surface area contributed by atoms with Crippen molar-refractivity contribution in [3.05, 3.63) is 50.8 Å². The maximum absolute atomic E-state index is 11.0. The van der Waals surface area contributed by atoms with Crippen LogP contribution < -0.4 is 5.32 Å². The standard InChI is InChI=1S/C16H16N2O2S2/c1-10-14(16(19)20)22-13(18-10)5-7-17-9-12-4-2-3-11-6-8-21-15(11)12/h2-4,6,8,17H,5,7,9H2,1H3,(H,19,20). The summed E-state index contributed by atoms with van der Waals surface area (Å²) in [6, 6.07) is 8.48. The van der Waals surface area contributed by atoms with Crippen LogP contribution >= 0.6 is 22.7 Å². The average Bonchev–Trinajstić information content (AvgIpc) is 3.10. The van der Waals surface area contributed by atoms with Gasteiger partial charge in [-0.05, 0) is 29.3 Å². The number of aromatic nitrogens is 1. The normalized spacial score (nSPS) is 11.1. The minimum atomic E-state index is -0.890. The highest BCUT2D eigenvalue weighted by atomic mass is 32.1. The molecule has 2 heterocycles. The molecule has 0 aliphatic rings. The number of aromatic carboxylic acids is 1. The highest BCUT2D eigenvalue weighted by molar-refractivity contribution is 7.17. The highest BCUT2D eigenvalue weighted by Crippen LogP contribution is 2.24. The third kappa shape index (κ3) is 3.19. The Morgan fingerprint density at radius 3 is 3.00 bits per heavy atom. The van der Waals surface area contributed by atoms with Crippen LogP contribution in [0.15, 0.2) is 29.6 Å². The molecule has 4 nitrogen and oxygen atoms in total. The van der Waals surface area contributed by atoms with Gasteiger partial charge in [0.1, 0.15) is 4.88 Å². The molecule has 0 saturated heterocycles. The second-order valence-electron chi connectivity index (χ2n) is 5.01. The number of thiazole rings is 1. The predicted octanol–water partition coefficient (Wildman–Crippen LogP) is 3.70. The molecule has 6 heteroatoms. The molecule has 3 aromatic rings. The monoisotopic (exact) mass is 332 g/mol. The lowest BCUT2D eigenvalue weighted by Gasteiger charge is -2.05. The molecule has 0 aliphatic carbocycles. The van der Waals surface area contributed by atoms with Gasteiger partial charge >= 0.3 is 5.97 Å². The Labute approximate surface area is 136 Å². The van der Waals surface area contributed by atoms with Crippen LogP contribution in [0, 0.1) is 6.92 Å². The predicted molar refractivity (Wildman–Crippen MR) is 91.0 cm³/mol. The quantitative estimate of drug-likeness (QED) is 0.676. The van der Waals surface area contributed by atoms with Gasteiger partial charge in [-0.1, -0.05) is 18.2 Å². The fraction of sp³-hybridized carbons (Fsp3) is 0.250. The maximum Gasteiger partial charge on any atom is 0.347 e. The Bertz CT molecular complexity index is 807. The van der Waals surface area contributed by atoms with Crippen LogP contribution in [0.4, 0.5) is 0 Å². The number of benzene rings is 1. The Morgan fingerprint density at radius 2 is 2.23 bits per heavy atom. The number of carboxylic acids is 1. The van der Waals surface area contributed by atoms with Crippen molar-refractivity contribution in [1.82, 2.24) is 10.3 Å². The topological polar surface area (TPSA) is 62.2 Å². The van der Waals surface area contributed by atoms with Crippen molar-refractivity contribution >= 4 is 38.7 Å². The smallest absolute Gasteiger partial charge is 0.347 e. The molecular weight excluding hydrogens is 316 g/mol. The number of hydrogen-bond acceptors (Lipinski definition) is 5. The van der Waals surface area contributed by atoms with Gasteiger partial charge in [0.05, 0.1) is 10.7 Å². The molecule has 0 aliphatic heterocycles. The summed E-state index contributed by atoms with van der Waals surface area (Å²) >= 11 is 3.03. The molecule has 2 aromatic heterocycles. The molecule has 0 fully saturated rings. The van der Waals surface area contributed by atoms with Crippen molar-refractivity contribution < 1.29 is 9.90 Å². The lowest BCUT2D eigenvalue weighted by molar-refractivity contribution is 0.0701. The van der Waals surface area contributed by atoms with Crippen molar-refractivity contribution in [2.75, 3.05) is 6.54 Å². The summed E-state index contributed by atoms with van der Waals surface area (Å²) < 4.78 is 1.33. The van der Waals surface area contributed by atoms with E-state index in [9.17, 15) is 4.79 Å². The van der Waals surface area contributed by atoms with E-state index < -0.39 is 5.97 Å². The van der Waals surface area contributed by atoms with E-state index in [1.807, 2.05) is 0 Å². The van der Waals surface area contributed by atoms with Gasteiger partial charge in [-0.2, -0.15) is 0 Å². The lowest BCUT2D eigenvalue weighted by atomic mass is 10.1. The van der Waals surface area contributed by atoms with E-state index in [1.165, 1.54) is 27.0 Å². The number of aryl methyl sites for hydroxylation is 1. The molecule has 114 valence electrons. The van der Waals surface area contributed by atoms with Crippen molar-refractivity contribution in [2.24, 2.45) is 0 Å². The summed E-state index contributed by atoms with van der Waals surface area (Å²) in [5, 5.41) is 16.7. The zero-order chi connectivity index (χ0) is 15.5. The second-order valence-corrected chi connectivity index (χ2v) is 7.01. The first-order valence-electron chi connectivity index (χ1n) is 7.00.